The first-order chi connectivity index (χ1) is 10.2. The van der Waals surface area contributed by atoms with E-state index in [0.29, 0.717) is 23.0 Å². The molecule has 21 heavy (non-hydrogen) atoms. The average molecular weight is 308 g/mol. The van der Waals surface area contributed by atoms with Crippen molar-refractivity contribution in [2.45, 2.75) is 13.2 Å². The third-order valence-electron chi connectivity index (χ3n) is 2.80. The zero-order valence-electron chi connectivity index (χ0n) is 11.5. The van der Waals surface area contributed by atoms with Gasteiger partial charge in [-0.2, -0.15) is 0 Å². The molecule has 0 bridgehead atoms. The lowest BCUT2D eigenvalue weighted by Crippen LogP contribution is -2.29. The molecular formula is C14H16N2O4S. The van der Waals surface area contributed by atoms with E-state index in [-0.39, 0.29) is 12.5 Å². The molecule has 1 amide bonds. The number of methoxy groups -OCH3 is 1. The van der Waals surface area contributed by atoms with Crippen LogP contribution >= 0.6 is 11.3 Å². The average Bonchev–Trinajstić information content (AvgIpc) is 3.00. The van der Waals surface area contributed by atoms with Gasteiger partial charge in [0.15, 0.2) is 11.5 Å². The number of amides is 1. The summed E-state index contributed by atoms with van der Waals surface area (Å²) in [5, 5.41) is 9.09. The summed E-state index contributed by atoms with van der Waals surface area (Å²) in [4.78, 5) is 12.8. The number of nitrogen functional groups attached to an aromatic ring is 1. The normalized spacial score (nSPS) is 10.2. The third kappa shape index (κ3) is 3.72. The summed E-state index contributed by atoms with van der Waals surface area (Å²) >= 11 is 1.31. The van der Waals surface area contributed by atoms with Gasteiger partial charge in [0.2, 0.25) is 0 Å². The first-order valence-corrected chi connectivity index (χ1v) is 6.99. The van der Waals surface area contributed by atoms with Gasteiger partial charge < -0.3 is 14.6 Å². The van der Waals surface area contributed by atoms with Crippen molar-refractivity contribution in [2.75, 3.05) is 7.11 Å². The second-order valence-corrected chi connectivity index (χ2v) is 5.34. The van der Waals surface area contributed by atoms with Crippen molar-refractivity contribution < 1.29 is 19.4 Å². The van der Waals surface area contributed by atoms with Crippen LogP contribution in [0.3, 0.4) is 0 Å². The van der Waals surface area contributed by atoms with Crippen LogP contribution in [0.15, 0.2) is 30.3 Å². The van der Waals surface area contributed by atoms with Gasteiger partial charge in [0.05, 0.1) is 18.6 Å². The number of aliphatic hydroxyl groups is 1. The lowest BCUT2D eigenvalue weighted by Gasteiger charge is -2.10. The molecule has 0 fully saturated rings. The van der Waals surface area contributed by atoms with Crippen LogP contribution in [-0.2, 0) is 13.2 Å². The molecule has 2 aromatic rings. The van der Waals surface area contributed by atoms with E-state index >= 15 is 0 Å². The summed E-state index contributed by atoms with van der Waals surface area (Å²) in [6, 6.07) is 8.73. The van der Waals surface area contributed by atoms with Gasteiger partial charge in [-0.3, -0.25) is 10.2 Å². The van der Waals surface area contributed by atoms with E-state index < -0.39 is 0 Å². The number of aliphatic hydroxyl groups excluding tert-OH is 1. The number of ether oxygens (including phenoxy) is 2. The van der Waals surface area contributed by atoms with Gasteiger partial charge in [0, 0.05) is 4.88 Å². The number of thiophene rings is 1. The van der Waals surface area contributed by atoms with Crippen molar-refractivity contribution in [1.29, 1.82) is 0 Å². The number of hydrogen-bond donors (Lipinski definition) is 3. The minimum Gasteiger partial charge on any atom is -0.493 e. The SMILES string of the molecule is COc1cc(CO)ccc1OCc1ccc(C(=O)NN)s1. The predicted octanol–water partition coefficient (Wildman–Crippen LogP) is 1.43. The number of nitrogens with two attached hydrogens (primary N) is 1. The van der Waals surface area contributed by atoms with E-state index in [1.807, 2.05) is 6.07 Å². The number of rotatable bonds is 6. The van der Waals surface area contributed by atoms with Crippen molar-refractivity contribution >= 4 is 17.2 Å². The Balaban J connectivity index is 2.06. The summed E-state index contributed by atoms with van der Waals surface area (Å²) in [6.45, 7) is 0.260. The predicted molar refractivity (Wildman–Crippen MR) is 79.2 cm³/mol. The van der Waals surface area contributed by atoms with Crippen LogP contribution in [0, 0.1) is 0 Å². The standard InChI is InChI=1S/C14H16N2O4S/c1-19-12-6-9(7-17)2-4-11(12)20-8-10-3-5-13(21-10)14(18)16-15/h2-6,17H,7-8,15H2,1H3,(H,16,18). The molecule has 0 radical (unpaired) electrons. The van der Waals surface area contributed by atoms with Crippen LogP contribution in [-0.4, -0.2) is 18.1 Å². The molecule has 1 heterocycles. The Labute approximate surface area is 126 Å². The summed E-state index contributed by atoms with van der Waals surface area (Å²) < 4.78 is 10.9. The lowest BCUT2D eigenvalue weighted by molar-refractivity contribution is 0.0957. The fraction of sp³-hybridized carbons (Fsp3) is 0.214. The van der Waals surface area contributed by atoms with E-state index in [4.69, 9.17) is 20.4 Å². The van der Waals surface area contributed by atoms with Crippen LogP contribution in [0.25, 0.3) is 0 Å². The number of nitrogens with one attached hydrogen (secondary N) is 1. The summed E-state index contributed by atoms with van der Waals surface area (Å²) in [5.74, 6) is 5.89. The van der Waals surface area contributed by atoms with Crippen LogP contribution in [0.5, 0.6) is 11.5 Å². The van der Waals surface area contributed by atoms with Gasteiger partial charge in [0.25, 0.3) is 5.91 Å². The Kier molecular flexibility index (Phi) is 5.15. The van der Waals surface area contributed by atoms with Crippen LogP contribution in [0.4, 0.5) is 0 Å². The van der Waals surface area contributed by atoms with Crippen molar-refractivity contribution in [1.82, 2.24) is 5.43 Å². The van der Waals surface area contributed by atoms with E-state index in [9.17, 15) is 4.79 Å². The van der Waals surface area contributed by atoms with Crippen LogP contribution in [0.1, 0.15) is 20.1 Å². The highest BCUT2D eigenvalue weighted by molar-refractivity contribution is 7.14. The largest absolute Gasteiger partial charge is 0.493 e. The maximum atomic E-state index is 11.4. The summed E-state index contributed by atoms with van der Waals surface area (Å²) in [5.41, 5.74) is 2.83. The molecule has 0 saturated heterocycles. The van der Waals surface area contributed by atoms with Crippen molar-refractivity contribution in [3.8, 4) is 11.5 Å². The molecule has 0 aliphatic carbocycles. The highest BCUT2D eigenvalue weighted by Gasteiger charge is 2.10. The molecule has 0 aliphatic heterocycles. The number of benzene rings is 1. The minimum atomic E-state index is -0.323. The second-order valence-electron chi connectivity index (χ2n) is 4.17. The molecule has 0 aliphatic rings. The van der Waals surface area contributed by atoms with Gasteiger partial charge in [-0.25, -0.2) is 5.84 Å². The van der Waals surface area contributed by atoms with E-state index in [2.05, 4.69) is 5.43 Å². The minimum absolute atomic E-state index is 0.0564. The fourth-order valence-electron chi connectivity index (χ4n) is 1.73. The maximum Gasteiger partial charge on any atom is 0.275 e. The van der Waals surface area contributed by atoms with E-state index in [0.717, 1.165) is 10.4 Å². The Morgan fingerprint density at radius 2 is 2.14 bits per heavy atom. The highest BCUT2D eigenvalue weighted by Crippen LogP contribution is 2.29. The fourth-order valence-corrected chi connectivity index (χ4v) is 2.55. The summed E-state index contributed by atoms with van der Waals surface area (Å²) in [6.07, 6.45) is 0. The zero-order chi connectivity index (χ0) is 15.2. The summed E-state index contributed by atoms with van der Waals surface area (Å²) in [7, 11) is 1.54. The lowest BCUT2D eigenvalue weighted by atomic mass is 10.2. The molecule has 7 heteroatoms. The molecule has 112 valence electrons. The molecule has 0 atom stereocenters. The van der Waals surface area contributed by atoms with Gasteiger partial charge in [-0.05, 0) is 29.8 Å². The Hall–Kier alpha value is -2.09. The topological polar surface area (TPSA) is 93.8 Å². The smallest absolute Gasteiger partial charge is 0.275 e. The zero-order valence-corrected chi connectivity index (χ0v) is 12.3. The number of hydrogen-bond acceptors (Lipinski definition) is 6. The molecule has 1 aromatic carbocycles. The Morgan fingerprint density at radius 3 is 2.81 bits per heavy atom. The molecular weight excluding hydrogens is 292 g/mol. The van der Waals surface area contributed by atoms with Gasteiger partial charge in [-0.15, -0.1) is 11.3 Å². The Bertz CT molecular complexity index is 627. The number of hydrazine groups is 1. The van der Waals surface area contributed by atoms with E-state index in [1.165, 1.54) is 18.4 Å². The monoisotopic (exact) mass is 308 g/mol. The molecule has 1 aromatic heterocycles. The third-order valence-corrected chi connectivity index (χ3v) is 3.85. The van der Waals surface area contributed by atoms with Gasteiger partial charge in [0.1, 0.15) is 6.61 Å². The second kappa shape index (κ2) is 7.07. The van der Waals surface area contributed by atoms with Gasteiger partial charge in [-0.1, -0.05) is 6.07 Å². The van der Waals surface area contributed by atoms with Crippen molar-refractivity contribution in [2.24, 2.45) is 5.84 Å². The molecule has 0 saturated carbocycles. The van der Waals surface area contributed by atoms with Crippen molar-refractivity contribution in [3.05, 3.63) is 45.6 Å². The molecule has 0 spiro atoms. The van der Waals surface area contributed by atoms with Crippen molar-refractivity contribution in [3.63, 3.8) is 0 Å². The molecule has 2 rings (SSSR count). The number of carbonyl (C=O) groups is 1. The quantitative estimate of drug-likeness (QED) is 0.426. The maximum absolute atomic E-state index is 11.4. The number of carbonyl (C=O) groups excluding carboxylic acids is 1. The van der Waals surface area contributed by atoms with E-state index in [1.54, 1.807) is 24.3 Å². The molecule has 6 nitrogen and oxygen atoms in total. The molecule has 4 N–H and O–H groups in total. The van der Waals surface area contributed by atoms with Gasteiger partial charge >= 0.3 is 0 Å². The molecule has 0 unspecified atom stereocenters. The Morgan fingerprint density at radius 1 is 1.33 bits per heavy atom. The first kappa shape index (κ1) is 15.3. The highest BCUT2D eigenvalue weighted by atomic mass is 32.1. The van der Waals surface area contributed by atoms with Crippen LogP contribution in [0.2, 0.25) is 0 Å². The first-order valence-electron chi connectivity index (χ1n) is 6.18. The van der Waals surface area contributed by atoms with Crippen LogP contribution < -0.4 is 20.7 Å².